The summed E-state index contributed by atoms with van der Waals surface area (Å²) >= 11 is 0. The van der Waals surface area contributed by atoms with E-state index in [4.69, 9.17) is 5.11 Å². The molecule has 1 aliphatic rings. The first-order valence-electron chi connectivity index (χ1n) is 6.31. The third kappa shape index (κ3) is 3.48. The first-order valence-corrected chi connectivity index (χ1v) is 6.31. The zero-order valence-corrected chi connectivity index (χ0v) is 11.0. The van der Waals surface area contributed by atoms with Gasteiger partial charge in [-0.25, -0.2) is 0 Å². The van der Waals surface area contributed by atoms with Crippen LogP contribution < -0.4 is 0 Å². The largest absolute Gasteiger partial charge is 0.480 e. The van der Waals surface area contributed by atoms with E-state index >= 15 is 0 Å². The van der Waals surface area contributed by atoms with Crippen molar-refractivity contribution >= 4 is 5.97 Å². The minimum absolute atomic E-state index is 0.0609. The summed E-state index contributed by atoms with van der Waals surface area (Å²) in [5.74, 6) is -0.0972. The summed E-state index contributed by atoms with van der Waals surface area (Å²) in [5.41, 5.74) is -0.0609. The number of nitrogens with zero attached hydrogens (tertiary/aromatic N) is 1. The Kier molecular flexibility index (Phi) is 4.36. The Morgan fingerprint density at radius 1 is 1.31 bits per heavy atom. The van der Waals surface area contributed by atoms with Crippen LogP contribution in [0.4, 0.5) is 0 Å². The fourth-order valence-electron chi connectivity index (χ4n) is 2.76. The number of rotatable bonds is 3. The van der Waals surface area contributed by atoms with Crippen LogP contribution in [0.3, 0.4) is 0 Å². The van der Waals surface area contributed by atoms with Crippen LogP contribution in [-0.4, -0.2) is 34.1 Å². The molecule has 0 aromatic rings. The lowest BCUT2D eigenvalue weighted by Gasteiger charge is -2.45. The van der Waals surface area contributed by atoms with Crippen LogP contribution in [0.1, 0.15) is 53.4 Å². The average molecular weight is 227 g/mol. The van der Waals surface area contributed by atoms with Gasteiger partial charge in [-0.3, -0.25) is 9.69 Å². The van der Waals surface area contributed by atoms with Crippen molar-refractivity contribution in [2.75, 3.05) is 6.54 Å². The second kappa shape index (κ2) is 5.17. The molecule has 1 saturated carbocycles. The molecule has 0 aromatic carbocycles. The topological polar surface area (TPSA) is 40.5 Å². The van der Waals surface area contributed by atoms with E-state index in [1.54, 1.807) is 0 Å². The highest BCUT2D eigenvalue weighted by molar-refractivity contribution is 5.69. The summed E-state index contributed by atoms with van der Waals surface area (Å²) in [6.45, 7) is 8.74. The van der Waals surface area contributed by atoms with Gasteiger partial charge in [-0.05, 0) is 39.5 Å². The molecule has 0 saturated heterocycles. The number of carboxylic acid groups (broad SMARTS) is 1. The summed E-state index contributed by atoms with van der Waals surface area (Å²) in [6, 6.07) is 0.435. The third-order valence-corrected chi connectivity index (χ3v) is 3.63. The first kappa shape index (κ1) is 13.5. The zero-order valence-electron chi connectivity index (χ0n) is 11.0. The molecule has 2 atom stereocenters. The molecule has 1 aliphatic carbocycles. The molecule has 0 heterocycles. The van der Waals surface area contributed by atoms with Gasteiger partial charge >= 0.3 is 5.97 Å². The fourth-order valence-corrected chi connectivity index (χ4v) is 2.76. The molecule has 1 rings (SSSR count). The van der Waals surface area contributed by atoms with Crippen molar-refractivity contribution in [2.24, 2.45) is 5.92 Å². The lowest BCUT2D eigenvalue weighted by Crippen LogP contribution is -2.53. The van der Waals surface area contributed by atoms with E-state index in [1.165, 1.54) is 19.3 Å². The van der Waals surface area contributed by atoms with E-state index in [9.17, 15) is 4.79 Å². The second-order valence-corrected chi connectivity index (χ2v) is 6.02. The highest BCUT2D eigenvalue weighted by Gasteiger charge is 2.34. The first-order chi connectivity index (χ1) is 7.32. The van der Waals surface area contributed by atoms with E-state index in [0.717, 1.165) is 6.42 Å². The maximum atomic E-state index is 11.0. The fraction of sp³-hybridized carbons (Fsp3) is 0.923. The molecule has 3 heteroatoms. The van der Waals surface area contributed by atoms with Crippen LogP contribution in [0.15, 0.2) is 0 Å². The maximum Gasteiger partial charge on any atom is 0.317 e. The van der Waals surface area contributed by atoms with Gasteiger partial charge < -0.3 is 5.11 Å². The molecule has 0 aromatic heterocycles. The maximum absolute atomic E-state index is 11.0. The molecule has 16 heavy (non-hydrogen) atoms. The van der Waals surface area contributed by atoms with E-state index in [0.29, 0.717) is 12.0 Å². The quantitative estimate of drug-likeness (QED) is 0.806. The Hall–Kier alpha value is -0.570. The van der Waals surface area contributed by atoms with Gasteiger partial charge in [0.05, 0.1) is 6.54 Å². The molecular formula is C13H25NO2. The van der Waals surface area contributed by atoms with E-state index in [2.05, 4.69) is 32.6 Å². The molecular weight excluding hydrogens is 202 g/mol. The number of aliphatic carboxylic acids is 1. The Balaban J connectivity index is 2.78. The number of hydrogen-bond acceptors (Lipinski definition) is 2. The van der Waals surface area contributed by atoms with Gasteiger partial charge in [0.1, 0.15) is 0 Å². The van der Waals surface area contributed by atoms with Crippen LogP contribution in [-0.2, 0) is 4.79 Å². The van der Waals surface area contributed by atoms with Gasteiger partial charge in [0.15, 0.2) is 0 Å². The van der Waals surface area contributed by atoms with Crippen molar-refractivity contribution in [2.45, 2.75) is 65.0 Å². The standard InChI is InChI=1S/C13H25NO2/c1-10-7-5-6-8-11(10)14(9-12(15)16)13(2,3)4/h10-11H,5-9H2,1-4H3,(H,15,16). The van der Waals surface area contributed by atoms with Crippen LogP contribution in [0.2, 0.25) is 0 Å². The molecule has 0 amide bonds. The van der Waals surface area contributed by atoms with Crippen LogP contribution in [0.5, 0.6) is 0 Å². The monoisotopic (exact) mass is 227 g/mol. The molecule has 0 aliphatic heterocycles. The predicted octanol–water partition coefficient (Wildman–Crippen LogP) is 2.75. The molecule has 94 valence electrons. The minimum Gasteiger partial charge on any atom is -0.480 e. The number of carboxylic acids is 1. The van der Waals surface area contributed by atoms with Crippen molar-refractivity contribution in [3.05, 3.63) is 0 Å². The van der Waals surface area contributed by atoms with E-state index in [1.807, 2.05) is 0 Å². The number of carbonyl (C=O) groups is 1. The van der Waals surface area contributed by atoms with E-state index in [-0.39, 0.29) is 12.1 Å². The summed E-state index contributed by atoms with van der Waals surface area (Å²) in [7, 11) is 0. The summed E-state index contributed by atoms with van der Waals surface area (Å²) in [6.07, 6.45) is 4.91. The highest BCUT2D eigenvalue weighted by Crippen LogP contribution is 2.31. The normalized spacial score (nSPS) is 27.1. The van der Waals surface area contributed by atoms with Crippen molar-refractivity contribution in [3.63, 3.8) is 0 Å². The van der Waals surface area contributed by atoms with Gasteiger partial charge in [0, 0.05) is 11.6 Å². The van der Waals surface area contributed by atoms with Crippen LogP contribution in [0.25, 0.3) is 0 Å². The summed E-state index contributed by atoms with van der Waals surface area (Å²) < 4.78 is 0. The molecule has 0 spiro atoms. The SMILES string of the molecule is CC1CCCCC1N(CC(=O)O)C(C)(C)C. The number of hydrogen-bond donors (Lipinski definition) is 1. The Morgan fingerprint density at radius 3 is 2.31 bits per heavy atom. The van der Waals surface area contributed by atoms with E-state index < -0.39 is 5.97 Å². The van der Waals surface area contributed by atoms with Crippen molar-refractivity contribution in [1.29, 1.82) is 0 Å². The Bertz CT molecular complexity index is 245. The molecule has 0 radical (unpaired) electrons. The molecule has 0 bridgehead atoms. The zero-order chi connectivity index (χ0) is 12.3. The van der Waals surface area contributed by atoms with Crippen molar-refractivity contribution < 1.29 is 9.90 Å². The molecule has 1 N–H and O–H groups in total. The average Bonchev–Trinajstić information content (AvgIpc) is 2.13. The lowest BCUT2D eigenvalue weighted by molar-refractivity contribution is -0.141. The Morgan fingerprint density at radius 2 is 1.88 bits per heavy atom. The van der Waals surface area contributed by atoms with Crippen LogP contribution >= 0.6 is 0 Å². The second-order valence-electron chi connectivity index (χ2n) is 6.02. The van der Waals surface area contributed by atoms with Gasteiger partial charge in [-0.2, -0.15) is 0 Å². The molecule has 2 unspecified atom stereocenters. The predicted molar refractivity (Wildman–Crippen MR) is 65.5 cm³/mol. The lowest BCUT2D eigenvalue weighted by atomic mass is 9.83. The summed E-state index contributed by atoms with van der Waals surface area (Å²) in [5, 5.41) is 9.02. The smallest absolute Gasteiger partial charge is 0.317 e. The Labute approximate surface area is 98.8 Å². The van der Waals surface area contributed by atoms with Crippen molar-refractivity contribution in [1.82, 2.24) is 4.90 Å². The molecule has 1 fully saturated rings. The molecule has 3 nitrogen and oxygen atoms in total. The van der Waals surface area contributed by atoms with Gasteiger partial charge in [-0.1, -0.05) is 19.8 Å². The van der Waals surface area contributed by atoms with Crippen molar-refractivity contribution in [3.8, 4) is 0 Å². The summed E-state index contributed by atoms with van der Waals surface area (Å²) in [4.78, 5) is 13.1. The van der Waals surface area contributed by atoms with Crippen LogP contribution in [0, 0.1) is 5.92 Å². The highest BCUT2D eigenvalue weighted by atomic mass is 16.4. The minimum atomic E-state index is -0.715. The van der Waals surface area contributed by atoms with Gasteiger partial charge in [-0.15, -0.1) is 0 Å². The van der Waals surface area contributed by atoms with Gasteiger partial charge in [0.25, 0.3) is 0 Å². The van der Waals surface area contributed by atoms with Gasteiger partial charge in [0.2, 0.25) is 0 Å². The third-order valence-electron chi connectivity index (χ3n) is 3.63.